The number of H-pyrrole nitrogens is 1. The zero-order valence-electron chi connectivity index (χ0n) is 9.89. The van der Waals surface area contributed by atoms with Crippen molar-refractivity contribution in [2.24, 2.45) is 18.1 Å². The molecule has 0 amide bonds. The number of hydrogen-bond acceptors (Lipinski definition) is 4. The van der Waals surface area contributed by atoms with Gasteiger partial charge in [0.05, 0.1) is 0 Å². The van der Waals surface area contributed by atoms with Crippen molar-refractivity contribution in [1.82, 2.24) is 9.55 Å². The summed E-state index contributed by atoms with van der Waals surface area (Å²) < 4.78 is 1.00. The molecular formula is C10H16N4O2. The number of nitrogens with zero attached hydrogens (tertiary/aromatic N) is 3. The highest BCUT2D eigenvalue weighted by atomic mass is 16.2. The summed E-state index contributed by atoms with van der Waals surface area (Å²) in [6.45, 7) is 3.98. The third kappa shape index (κ3) is 2.82. The fraction of sp³-hybridized carbons (Fsp3) is 0.500. The minimum atomic E-state index is -0.450. The van der Waals surface area contributed by atoms with Crippen molar-refractivity contribution < 1.29 is 0 Å². The van der Waals surface area contributed by atoms with E-state index in [0.29, 0.717) is 11.7 Å². The monoisotopic (exact) mass is 224 g/mol. The Labute approximate surface area is 93.2 Å². The van der Waals surface area contributed by atoms with Gasteiger partial charge in [0.15, 0.2) is 0 Å². The first-order chi connectivity index (χ1) is 7.41. The van der Waals surface area contributed by atoms with Crippen LogP contribution in [0.5, 0.6) is 0 Å². The van der Waals surface area contributed by atoms with Crippen molar-refractivity contribution in [3.63, 3.8) is 0 Å². The minimum Gasteiger partial charge on any atom is -0.292 e. The molecule has 0 aliphatic carbocycles. The highest BCUT2D eigenvalue weighted by Crippen LogP contribution is 2.02. The Morgan fingerprint density at radius 3 is 2.62 bits per heavy atom. The molecule has 16 heavy (non-hydrogen) atoms. The van der Waals surface area contributed by atoms with E-state index >= 15 is 0 Å². The summed E-state index contributed by atoms with van der Waals surface area (Å²) in [7, 11) is 3.09. The molecule has 0 aromatic carbocycles. The van der Waals surface area contributed by atoms with Gasteiger partial charge >= 0.3 is 5.69 Å². The molecule has 88 valence electrons. The van der Waals surface area contributed by atoms with E-state index in [1.807, 2.05) is 13.8 Å². The predicted octanol–water partition coefficient (Wildman–Crippen LogP) is 0.152. The third-order valence-corrected chi connectivity index (χ3v) is 2.02. The van der Waals surface area contributed by atoms with Gasteiger partial charge in [-0.3, -0.25) is 19.4 Å². The maximum atomic E-state index is 11.4. The SMILES string of the molecule is CC(C)/C=N\N(C)c1cc(=O)n(C)c(=O)[nH]1. The highest BCUT2D eigenvalue weighted by molar-refractivity contribution is 5.61. The van der Waals surface area contributed by atoms with Crippen LogP contribution in [0.2, 0.25) is 0 Å². The van der Waals surface area contributed by atoms with Crippen LogP contribution in [-0.2, 0) is 7.05 Å². The molecule has 0 unspecified atom stereocenters. The van der Waals surface area contributed by atoms with Crippen LogP contribution in [0.3, 0.4) is 0 Å². The van der Waals surface area contributed by atoms with E-state index in [-0.39, 0.29) is 5.56 Å². The molecule has 0 aliphatic heterocycles. The van der Waals surface area contributed by atoms with Crippen molar-refractivity contribution in [3.8, 4) is 0 Å². The Bertz CT molecular complexity index is 467. The van der Waals surface area contributed by atoms with Gasteiger partial charge in [-0.1, -0.05) is 13.8 Å². The van der Waals surface area contributed by atoms with Crippen LogP contribution in [0.25, 0.3) is 0 Å². The normalized spacial score (nSPS) is 11.3. The Morgan fingerprint density at radius 2 is 2.12 bits per heavy atom. The average molecular weight is 224 g/mol. The lowest BCUT2D eigenvalue weighted by atomic mass is 10.3. The van der Waals surface area contributed by atoms with Crippen LogP contribution < -0.4 is 16.3 Å². The van der Waals surface area contributed by atoms with Gasteiger partial charge in [-0.15, -0.1) is 0 Å². The van der Waals surface area contributed by atoms with Gasteiger partial charge < -0.3 is 0 Å². The summed E-state index contributed by atoms with van der Waals surface area (Å²) in [5, 5.41) is 5.56. The lowest BCUT2D eigenvalue weighted by molar-refractivity contribution is 0.765. The molecule has 0 spiro atoms. The molecule has 0 saturated heterocycles. The van der Waals surface area contributed by atoms with Gasteiger partial charge in [-0.25, -0.2) is 4.79 Å². The Morgan fingerprint density at radius 1 is 1.50 bits per heavy atom. The van der Waals surface area contributed by atoms with Crippen LogP contribution >= 0.6 is 0 Å². The largest absolute Gasteiger partial charge is 0.329 e. The first-order valence-electron chi connectivity index (χ1n) is 5.00. The van der Waals surface area contributed by atoms with Gasteiger partial charge in [-0.05, 0) is 5.92 Å². The van der Waals surface area contributed by atoms with Crippen LogP contribution in [0, 0.1) is 5.92 Å². The van der Waals surface area contributed by atoms with Crippen molar-refractivity contribution in [1.29, 1.82) is 0 Å². The number of hydrazone groups is 1. The lowest BCUT2D eigenvalue weighted by Crippen LogP contribution is -2.33. The summed E-state index contributed by atoms with van der Waals surface area (Å²) in [5.74, 6) is 0.686. The predicted molar refractivity (Wildman–Crippen MR) is 64.0 cm³/mol. The topological polar surface area (TPSA) is 70.5 Å². The second-order valence-corrected chi connectivity index (χ2v) is 3.89. The first-order valence-corrected chi connectivity index (χ1v) is 5.00. The van der Waals surface area contributed by atoms with Crippen molar-refractivity contribution in [2.45, 2.75) is 13.8 Å². The molecule has 6 nitrogen and oxygen atoms in total. The molecule has 0 radical (unpaired) electrons. The van der Waals surface area contributed by atoms with Crippen molar-refractivity contribution in [3.05, 3.63) is 26.9 Å². The zero-order chi connectivity index (χ0) is 12.3. The minimum absolute atomic E-state index is 0.306. The number of anilines is 1. The standard InChI is InChI=1S/C10H16N4O2/c1-7(2)6-11-14(4)8-5-9(15)13(3)10(16)12-8/h5-7H,1-4H3,(H,12,16)/b11-6-. The summed E-state index contributed by atoms with van der Waals surface area (Å²) >= 11 is 0. The van der Waals surface area contributed by atoms with E-state index in [4.69, 9.17) is 0 Å². The molecule has 6 heteroatoms. The molecule has 1 heterocycles. The third-order valence-electron chi connectivity index (χ3n) is 2.02. The van der Waals surface area contributed by atoms with Gasteiger partial charge in [0.2, 0.25) is 0 Å². The van der Waals surface area contributed by atoms with Crippen molar-refractivity contribution >= 4 is 12.0 Å². The van der Waals surface area contributed by atoms with E-state index in [1.165, 1.54) is 18.1 Å². The molecule has 0 atom stereocenters. The Hall–Kier alpha value is -1.85. The zero-order valence-corrected chi connectivity index (χ0v) is 9.89. The van der Waals surface area contributed by atoms with E-state index < -0.39 is 5.69 Å². The molecule has 0 saturated carbocycles. The van der Waals surface area contributed by atoms with Gasteiger partial charge in [0, 0.05) is 26.4 Å². The maximum absolute atomic E-state index is 11.4. The maximum Gasteiger partial charge on any atom is 0.329 e. The number of aromatic amines is 1. The van der Waals surface area contributed by atoms with E-state index in [9.17, 15) is 9.59 Å². The molecule has 0 bridgehead atoms. The summed E-state index contributed by atoms with van der Waals surface area (Å²) in [4.78, 5) is 25.3. The summed E-state index contributed by atoms with van der Waals surface area (Å²) in [5.41, 5.74) is -0.806. The number of nitrogens with one attached hydrogen (secondary N) is 1. The molecular weight excluding hydrogens is 208 g/mol. The molecule has 1 N–H and O–H groups in total. The summed E-state index contributed by atoms with van der Waals surface area (Å²) in [6, 6.07) is 1.33. The van der Waals surface area contributed by atoms with E-state index in [1.54, 1.807) is 13.3 Å². The molecule has 1 rings (SSSR count). The average Bonchev–Trinajstić information content (AvgIpc) is 2.21. The molecule has 0 fully saturated rings. The first kappa shape index (κ1) is 12.2. The second-order valence-electron chi connectivity index (χ2n) is 3.89. The van der Waals surface area contributed by atoms with Gasteiger partial charge in [0.25, 0.3) is 5.56 Å². The lowest BCUT2D eigenvalue weighted by Gasteiger charge is -2.12. The quantitative estimate of drug-likeness (QED) is 0.587. The second kappa shape index (κ2) is 4.78. The van der Waals surface area contributed by atoms with Crippen LogP contribution in [-0.4, -0.2) is 22.8 Å². The molecule has 0 aliphatic rings. The van der Waals surface area contributed by atoms with Crippen LogP contribution in [0.1, 0.15) is 13.8 Å². The smallest absolute Gasteiger partial charge is 0.292 e. The van der Waals surface area contributed by atoms with E-state index in [0.717, 1.165) is 4.57 Å². The van der Waals surface area contributed by atoms with Crippen LogP contribution in [0.4, 0.5) is 5.82 Å². The fourth-order valence-electron chi connectivity index (χ4n) is 1.01. The number of hydrogen-bond donors (Lipinski definition) is 1. The Kier molecular flexibility index (Phi) is 3.65. The Balaban J connectivity index is 3.06. The van der Waals surface area contributed by atoms with Crippen LogP contribution in [0.15, 0.2) is 20.8 Å². The summed E-state index contributed by atoms with van der Waals surface area (Å²) in [6.07, 6.45) is 1.73. The number of aromatic nitrogens is 2. The highest BCUT2D eigenvalue weighted by Gasteiger charge is 2.03. The van der Waals surface area contributed by atoms with Crippen molar-refractivity contribution in [2.75, 3.05) is 12.1 Å². The molecule has 1 aromatic rings. The van der Waals surface area contributed by atoms with Gasteiger partial charge in [-0.2, -0.15) is 5.10 Å². The van der Waals surface area contributed by atoms with Gasteiger partial charge in [0.1, 0.15) is 5.82 Å². The fourth-order valence-corrected chi connectivity index (χ4v) is 1.01. The number of rotatable bonds is 3. The molecule has 1 aromatic heterocycles. The van der Waals surface area contributed by atoms with E-state index in [2.05, 4.69) is 10.1 Å².